The molecule has 1 heterocycles. The third kappa shape index (κ3) is 2.52. The first-order chi connectivity index (χ1) is 9.89. The molecule has 3 rings (SSSR count). The van der Waals surface area contributed by atoms with Crippen LogP contribution in [0.3, 0.4) is 0 Å². The smallest absolute Gasteiger partial charge is 0.227 e. The maximum atomic E-state index is 14.2. The maximum absolute atomic E-state index is 14.2. The second-order valence-corrected chi connectivity index (χ2v) is 5.91. The number of nitrogens with zero attached hydrogens (tertiary/aromatic N) is 1. The Morgan fingerprint density at radius 2 is 1.90 bits per heavy atom. The van der Waals surface area contributed by atoms with Gasteiger partial charge in [-0.15, -0.1) is 0 Å². The topological polar surface area (TPSA) is 21.6 Å². The van der Waals surface area contributed by atoms with E-state index in [-0.39, 0.29) is 11.0 Å². The van der Waals surface area contributed by atoms with Gasteiger partial charge >= 0.3 is 0 Å². The van der Waals surface area contributed by atoms with Crippen molar-refractivity contribution < 1.29 is 9.13 Å². The molecule has 0 spiro atoms. The van der Waals surface area contributed by atoms with E-state index in [9.17, 15) is 4.39 Å². The second kappa shape index (κ2) is 5.00. The number of hydrogen-bond acceptors (Lipinski definition) is 2. The highest BCUT2D eigenvalue weighted by Crippen LogP contribution is 2.39. The molecule has 1 aliphatic rings. The van der Waals surface area contributed by atoms with Crippen molar-refractivity contribution in [2.45, 2.75) is 19.6 Å². The number of halogens is 3. The summed E-state index contributed by atoms with van der Waals surface area (Å²) >= 11 is 12.2. The fourth-order valence-electron chi connectivity index (χ4n) is 2.35. The van der Waals surface area contributed by atoms with Crippen LogP contribution in [0.5, 0.6) is 5.75 Å². The predicted octanol–water partition coefficient (Wildman–Crippen LogP) is 5.04. The van der Waals surface area contributed by atoms with Crippen LogP contribution in [0.4, 0.5) is 4.39 Å². The van der Waals surface area contributed by atoms with Crippen LogP contribution in [0, 0.1) is 12.7 Å². The molecule has 21 heavy (non-hydrogen) atoms. The van der Waals surface area contributed by atoms with Gasteiger partial charge in [-0.25, -0.2) is 9.38 Å². The third-order valence-corrected chi connectivity index (χ3v) is 3.93. The molecule has 2 aromatic carbocycles. The van der Waals surface area contributed by atoms with Crippen LogP contribution in [0.25, 0.3) is 0 Å². The zero-order chi connectivity index (χ0) is 15.2. The fourth-order valence-corrected chi connectivity index (χ4v) is 2.83. The van der Waals surface area contributed by atoms with Crippen molar-refractivity contribution in [2.24, 2.45) is 4.99 Å². The van der Waals surface area contributed by atoms with Gasteiger partial charge < -0.3 is 4.74 Å². The predicted molar refractivity (Wildman–Crippen MR) is 83.0 cm³/mol. The summed E-state index contributed by atoms with van der Waals surface area (Å²) in [5.74, 6) is 0.150. The molecule has 0 aliphatic carbocycles. The molecule has 0 fully saturated rings. The van der Waals surface area contributed by atoms with E-state index >= 15 is 0 Å². The summed E-state index contributed by atoms with van der Waals surface area (Å²) in [6.45, 7) is 3.57. The Morgan fingerprint density at radius 3 is 2.67 bits per heavy atom. The van der Waals surface area contributed by atoms with Gasteiger partial charge in [0.2, 0.25) is 5.72 Å². The number of hydrogen-bond donors (Lipinski definition) is 0. The molecule has 5 heteroatoms. The van der Waals surface area contributed by atoms with Crippen molar-refractivity contribution in [3.63, 3.8) is 0 Å². The molecule has 0 N–H and O–H groups in total. The van der Waals surface area contributed by atoms with Gasteiger partial charge in [-0.05, 0) is 37.3 Å². The molecule has 0 saturated heterocycles. The molecule has 2 aromatic rings. The first-order valence-electron chi connectivity index (χ1n) is 6.40. The molecule has 108 valence electrons. The van der Waals surface area contributed by atoms with Crippen molar-refractivity contribution in [3.05, 3.63) is 63.9 Å². The van der Waals surface area contributed by atoms with Crippen LogP contribution in [-0.2, 0) is 5.72 Å². The SMILES string of the molecule is Cc1ccc(F)c(C2(C)N=C(Cl)c3cc(Cl)ccc3O2)c1. The maximum Gasteiger partial charge on any atom is 0.227 e. The lowest BCUT2D eigenvalue weighted by atomic mass is 10.0. The monoisotopic (exact) mass is 323 g/mol. The van der Waals surface area contributed by atoms with E-state index in [4.69, 9.17) is 27.9 Å². The van der Waals surface area contributed by atoms with Crippen LogP contribution >= 0.6 is 23.2 Å². The quantitative estimate of drug-likeness (QED) is 0.720. The zero-order valence-corrected chi connectivity index (χ0v) is 13.0. The van der Waals surface area contributed by atoms with Crippen molar-refractivity contribution in [3.8, 4) is 5.75 Å². The van der Waals surface area contributed by atoms with Gasteiger partial charge in [-0.3, -0.25) is 0 Å². The largest absolute Gasteiger partial charge is 0.461 e. The van der Waals surface area contributed by atoms with E-state index in [0.29, 0.717) is 21.9 Å². The van der Waals surface area contributed by atoms with Gasteiger partial charge in [-0.2, -0.15) is 0 Å². The van der Waals surface area contributed by atoms with Crippen LogP contribution < -0.4 is 4.74 Å². The summed E-state index contributed by atoms with van der Waals surface area (Å²) in [6.07, 6.45) is 0. The summed E-state index contributed by atoms with van der Waals surface area (Å²) < 4.78 is 20.0. The Hall–Kier alpha value is -1.58. The average Bonchev–Trinajstić information content (AvgIpc) is 2.42. The lowest BCUT2D eigenvalue weighted by Crippen LogP contribution is -2.33. The summed E-state index contributed by atoms with van der Waals surface area (Å²) in [7, 11) is 0. The number of aryl methyl sites for hydroxylation is 1. The molecule has 0 amide bonds. The Labute approximate surface area is 132 Å². The molecular weight excluding hydrogens is 312 g/mol. The van der Waals surface area contributed by atoms with Gasteiger partial charge in [0.05, 0.1) is 11.1 Å². The van der Waals surface area contributed by atoms with Gasteiger partial charge in [0, 0.05) is 11.9 Å². The molecular formula is C16H12Cl2FNO. The minimum absolute atomic E-state index is 0.252. The van der Waals surface area contributed by atoms with Crippen LogP contribution in [-0.4, -0.2) is 5.17 Å². The summed E-state index contributed by atoms with van der Waals surface area (Å²) in [4.78, 5) is 4.33. The van der Waals surface area contributed by atoms with Crippen LogP contribution in [0.15, 0.2) is 41.4 Å². The molecule has 1 unspecified atom stereocenters. The lowest BCUT2D eigenvalue weighted by molar-refractivity contribution is 0.0892. The first-order valence-corrected chi connectivity index (χ1v) is 7.15. The second-order valence-electron chi connectivity index (χ2n) is 5.11. The summed E-state index contributed by atoms with van der Waals surface area (Å²) in [5.41, 5.74) is 0.675. The summed E-state index contributed by atoms with van der Waals surface area (Å²) in [5, 5.41) is 0.790. The van der Waals surface area contributed by atoms with Gasteiger partial charge in [0.25, 0.3) is 0 Å². The number of rotatable bonds is 1. The number of ether oxygens (including phenoxy) is 1. The van der Waals surface area contributed by atoms with E-state index in [1.54, 1.807) is 37.3 Å². The van der Waals surface area contributed by atoms with E-state index in [0.717, 1.165) is 5.56 Å². The van der Waals surface area contributed by atoms with Gasteiger partial charge in [0.1, 0.15) is 16.7 Å². The normalized spacial score (nSPS) is 20.5. The molecule has 0 bridgehead atoms. The minimum Gasteiger partial charge on any atom is -0.461 e. The molecule has 1 aliphatic heterocycles. The van der Waals surface area contributed by atoms with Crippen molar-refractivity contribution >= 4 is 28.4 Å². The average molecular weight is 324 g/mol. The van der Waals surface area contributed by atoms with Crippen molar-refractivity contribution in [1.82, 2.24) is 0 Å². The van der Waals surface area contributed by atoms with Crippen LogP contribution in [0.1, 0.15) is 23.6 Å². The first kappa shape index (κ1) is 14.4. The van der Waals surface area contributed by atoms with Gasteiger partial charge in [0.15, 0.2) is 0 Å². The Morgan fingerprint density at radius 1 is 1.14 bits per heavy atom. The third-order valence-electron chi connectivity index (χ3n) is 3.41. The summed E-state index contributed by atoms with van der Waals surface area (Å²) in [6, 6.07) is 9.90. The molecule has 2 nitrogen and oxygen atoms in total. The Balaban J connectivity index is 2.15. The van der Waals surface area contributed by atoms with Crippen molar-refractivity contribution in [1.29, 1.82) is 0 Å². The van der Waals surface area contributed by atoms with E-state index < -0.39 is 5.72 Å². The highest BCUT2D eigenvalue weighted by atomic mass is 35.5. The standard InChI is InChI=1S/C16H12Cl2FNO/c1-9-3-5-13(19)12(7-9)16(2)20-15(18)11-8-10(17)4-6-14(11)21-16/h3-8H,1-2H3. The molecule has 0 aromatic heterocycles. The highest BCUT2D eigenvalue weighted by Gasteiger charge is 2.36. The molecule has 0 saturated carbocycles. The highest BCUT2D eigenvalue weighted by molar-refractivity contribution is 6.70. The number of aliphatic imine (C=N–C) groups is 1. The van der Waals surface area contributed by atoms with Gasteiger partial charge in [-0.1, -0.05) is 34.8 Å². The fraction of sp³-hybridized carbons (Fsp3) is 0.188. The van der Waals surface area contributed by atoms with Crippen molar-refractivity contribution in [2.75, 3.05) is 0 Å². The lowest BCUT2D eigenvalue weighted by Gasteiger charge is -2.32. The number of benzene rings is 2. The molecule has 0 radical (unpaired) electrons. The molecule has 1 atom stereocenters. The van der Waals surface area contributed by atoms with E-state index in [2.05, 4.69) is 4.99 Å². The zero-order valence-electron chi connectivity index (χ0n) is 11.5. The Bertz CT molecular complexity index is 760. The van der Waals surface area contributed by atoms with E-state index in [1.807, 2.05) is 6.92 Å². The Kier molecular flexibility index (Phi) is 3.42. The van der Waals surface area contributed by atoms with E-state index in [1.165, 1.54) is 6.07 Å². The number of fused-ring (bicyclic) bond motifs is 1. The van der Waals surface area contributed by atoms with Crippen LogP contribution in [0.2, 0.25) is 5.02 Å². The minimum atomic E-state index is -1.20.